The number of aromatic nitrogens is 5. The highest BCUT2D eigenvalue weighted by atomic mass is 32.2. The van der Waals surface area contributed by atoms with Gasteiger partial charge in [0, 0.05) is 44.9 Å². The van der Waals surface area contributed by atoms with E-state index in [0.717, 1.165) is 38.9 Å². The summed E-state index contributed by atoms with van der Waals surface area (Å²) in [5.41, 5.74) is 7.05. The van der Waals surface area contributed by atoms with Crippen molar-refractivity contribution in [1.82, 2.24) is 29.3 Å². The van der Waals surface area contributed by atoms with Gasteiger partial charge in [0.25, 0.3) is 0 Å². The molecule has 244 valence electrons. The summed E-state index contributed by atoms with van der Waals surface area (Å²) < 4.78 is 37.2. The van der Waals surface area contributed by atoms with Crippen molar-refractivity contribution < 1.29 is 17.9 Å². The molecule has 11 nitrogen and oxygen atoms in total. The Bertz CT molecular complexity index is 2030. The summed E-state index contributed by atoms with van der Waals surface area (Å²) in [6.07, 6.45) is 5.34. The Morgan fingerprint density at radius 1 is 1.09 bits per heavy atom. The topological polar surface area (TPSA) is 123 Å². The van der Waals surface area contributed by atoms with Gasteiger partial charge in [-0.1, -0.05) is 36.4 Å². The molecule has 2 atom stereocenters. The lowest BCUT2D eigenvalue weighted by atomic mass is 9.84. The molecule has 1 aliphatic rings. The van der Waals surface area contributed by atoms with Crippen LogP contribution in [-0.4, -0.2) is 63.3 Å². The Morgan fingerprint density at radius 2 is 1.89 bits per heavy atom. The maximum absolute atomic E-state index is 13.9. The summed E-state index contributed by atoms with van der Waals surface area (Å²) in [6, 6.07) is 16.9. The first kappa shape index (κ1) is 32.3. The van der Waals surface area contributed by atoms with E-state index in [2.05, 4.69) is 26.3 Å². The molecule has 1 unspecified atom stereocenters. The number of amides is 1. The Balaban J connectivity index is 1.41. The number of ether oxygens (including phenoxy) is 1. The largest absolute Gasteiger partial charge is 0.472 e. The first-order valence-electron chi connectivity index (χ1n) is 15.8. The summed E-state index contributed by atoms with van der Waals surface area (Å²) in [5.74, 6) is -0.284. The number of rotatable bonds is 9. The molecule has 1 amide bonds. The van der Waals surface area contributed by atoms with Crippen molar-refractivity contribution in [3.63, 3.8) is 0 Å². The zero-order valence-electron chi connectivity index (χ0n) is 27.3. The monoisotopic (exact) mass is 653 g/mol. The van der Waals surface area contributed by atoms with Gasteiger partial charge in [0.15, 0.2) is 0 Å². The lowest BCUT2D eigenvalue weighted by Crippen LogP contribution is -2.36. The maximum Gasteiger partial charge on any atom is 0.248 e. The standard InChI is InChI=1S/C35H39N7O4S/c1-6-28-22-41(47(44,45)32-11-9-17-37-35(32)46-28)21-26-18-25(13-12-23(26)3)30(19-33(43)40(5)27-10-8-16-36-20-27)29-14-15-31-34(24(29)4)38-39-42(31)7-2/h8-18,20,28,30H,6-7,19,21-22H2,1-5H3/t28-,30?/m1/s1. The molecule has 0 radical (unpaired) electrons. The van der Waals surface area contributed by atoms with Crippen molar-refractivity contribution >= 4 is 32.7 Å². The fourth-order valence-electron chi connectivity index (χ4n) is 6.16. The van der Waals surface area contributed by atoms with Crippen LogP contribution in [0.15, 0.2) is 78.1 Å². The van der Waals surface area contributed by atoms with Crippen molar-refractivity contribution in [3.8, 4) is 5.88 Å². The van der Waals surface area contributed by atoms with Gasteiger partial charge in [0.05, 0.1) is 23.9 Å². The van der Waals surface area contributed by atoms with Crippen molar-refractivity contribution in [1.29, 1.82) is 0 Å². The van der Waals surface area contributed by atoms with Gasteiger partial charge < -0.3 is 9.64 Å². The predicted octanol–water partition coefficient (Wildman–Crippen LogP) is 5.40. The fraction of sp³-hybridized carbons (Fsp3) is 0.343. The number of fused-ring (bicyclic) bond motifs is 2. The number of anilines is 1. The minimum absolute atomic E-state index is 0.0655. The minimum Gasteiger partial charge on any atom is -0.472 e. The third-order valence-corrected chi connectivity index (χ3v) is 10.9. The number of pyridine rings is 2. The van der Waals surface area contributed by atoms with Gasteiger partial charge >= 0.3 is 0 Å². The average Bonchev–Trinajstić information content (AvgIpc) is 3.47. The van der Waals surface area contributed by atoms with Gasteiger partial charge in [-0.2, -0.15) is 4.31 Å². The van der Waals surface area contributed by atoms with Gasteiger partial charge in [-0.25, -0.2) is 18.1 Å². The number of carbonyl (C=O) groups excluding carboxylic acids is 1. The fourth-order valence-corrected chi connectivity index (χ4v) is 7.68. The second-order valence-electron chi connectivity index (χ2n) is 11.9. The third-order valence-electron chi connectivity index (χ3n) is 9.06. The van der Waals surface area contributed by atoms with Crippen molar-refractivity contribution in [2.75, 3.05) is 18.5 Å². The number of carbonyl (C=O) groups is 1. The summed E-state index contributed by atoms with van der Waals surface area (Å²) in [4.78, 5) is 24.0. The van der Waals surface area contributed by atoms with Gasteiger partial charge in [0.2, 0.25) is 21.8 Å². The highest BCUT2D eigenvalue weighted by molar-refractivity contribution is 7.89. The number of benzene rings is 2. The molecule has 1 aliphatic heterocycles. The normalized spacial score (nSPS) is 16.7. The third kappa shape index (κ3) is 6.22. The molecule has 0 bridgehead atoms. The van der Waals surface area contributed by atoms with Gasteiger partial charge in [-0.05, 0) is 85.3 Å². The van der Waals surface area contributed by atoms with Crippen LogP contribution < -0.4 is 9.64 Å². The minimum atomic E-state index is -3.89. The van der Waals surface area contributed by atoms with E-state index < -0.39 is 10.0 Å². The van der Waals surface area contributed by atoms with Crippen LogP contribution in [0.4, 0.5) is 5.69 Å². The molecule has 0 saturated heterocycles. The number of sulfonamides is 1. The van der Waals surface area contributed by atoms with Crippen molar-refractivity contribution in [2.24, 2.45) is 0 Å². The second-order valence-corrected chi connectivity index (χ2v) is 13.8. The maximum atomic E-state index is 13.9. The van der Waals surface area contributed by atoms with E-state index in [4.69, 9.17) is 4.74 Å². The zero-order chi connectivity index (χ0) is 33.3. The molecule has 6 rings (SSSR count). The predicted molar refractivity (Wildman–Crippen MR) is 180 cm³/mol. The molecular formula is C35H39N7O4S. The molecule has 4 heterocycles. The lowest BCUT2D eigenvalue weighted by Gasteiger charge is -2.26. The number of nitrogens with zero attached hydrogens (tertiary/aromatic N) is 7. The lowest BCUT2D eigenvalue weighted by molar-refractivity contribution is -0.118. The Hall–Kier alpha value is -4.68. The number of hydrogen-bond acceptors (Lipinski definition) is 8. The smallest absolute Gasteiger partial charge is 0.248 e. The molecular weight excluding hydrogens is 614 g/mol. The molecule has 3 aromatic heterocycles. The number of aryl methyl sites for hydroxylation is 3. The molecule has 0 N–H and O–H groups in total. The van der Waals surface area contributed by atoms with E-state index in [0.29, 0.717) is 18.7 Å². The molecule has 5 aromatic rings. The van der Waals surface area contributed by atoms with Crippen molar-refractivity contribution in [2.45, 2.75) is 70.5 Å². The highest BCUT2D eigenvalue weighted by Crippen LogP contribution is 2.36. The Kier molecular flexibility index (Phi) is 9.07. The molecule has 0 aliphatic carbocycles. The van der Waals surface area contributed by atoms with E-state index in [1.807, 2.05) is 62.7 Å². The Morgan fingerprint density at radius 3 is 2.64 bits per heavy atom. The highest BCUT2D eigenvalue weighted by Gasteiger charge is 2.35. The van der Waals surface area contributed by atoms with E-state index in [1.165, 1.54) is 4.31 Å². The van der Waals surface area contributed by atoms with E-state index >= 15 is 0 Å². The summed E-state index contributed by atoms with van der Waals surface area (Å²) in [6.45, 7) is 9.02. The van der Waals surface area contributed by atoms with E-state index in [9.17, 15) is 13.2 Å². The zero-order valence-corrected chi connectivity index (χ0v) is 28.1. The van der Waals surface area contributed by atoms with E-state index in [-0.39, 0.29) is 48.2 Å². The van der Waals surface area contributed by atoms with Crippen LogP contribution in [0.2, 0.25) is 0 Å². The quantitative estimate of drug-likeness (QED) is 0.207. The van der Waals surface area contributed by atoms with Crippen molar-refractivity contribution in [3.05, 3.63) is 101 Å². The molecule has 2 aromatic carbocycles. The average molecular weight is 654 g/mol. The first-order valence-corrected chi connectivity index (χ1v) is 17.3. The van der Waals surface area contributed by atoms with Crippen LogP contribution in [0.1, 0.15) is 60.4 Å². The van der Waals surface area contributed by atoms with Crippen LogP contribution in [0.5, 0.6) is 5.88 Å². The summed E-state index contributed by atoms with van der Waals surface area (Å²) >= 11 is 0. The first-order chi connectivity index (χ1) is 22.6. The molecule has 0 fully saturated rings. The molecule has 47 heavy (non-hydrogen) atoms. The number of hydrogen-bond donors (Lipinski definition) is 0. The van der Waals surface area contributed by atoms with Gasteiger partial charge in [-0.3, -0.25) is 9.78 Å². The second kappa shape index (κ2) is 13.2. The van der Waals surface area contributed by atoms with Gasteiger partial charge in [-0.15, -0.1) is 5.10 Å². The molecule has 12 heteroatoms. The van der Waals surface area contributed by atoms with Crippen LogP contribution in [0.3, 0.4) is 0 Å². The summed E-state index contributed by atoms with van der Waals surface area (Å²) in [5, 5.41) is 8.80. The van der Waals surface area contributed by atoms with Crippen LogP contribution in [0.25, 0.3) is 11.0 Å². The molecule has 0 saturated carbocycles. The van der Waals surface area contributed by atoms with Crippen LogP contribution in [0, 0.1) is 13.8 Å². The SMILES string of the molecule is CC[C@@H]1CN(Cc2cc(C(CC(=O)N(C)c3cccnc3)c3ccc4c(nnn4CC)c3C)ccc2C)S(=O)(=O)c2cccnc2O1. The van der Waals surface area contributed by atoms with E-state index in [1.54, 1.807) is 48.7 Å². The summed E-state index contributed by atoms with van der Waals surface area (Å²) in [7, 11) is -2.14. The van der Waals surface area contributed by atoms with Gasteiger partial charge in [0.1, 0.15) is 16.5 Å². The molecule has 0 spiro atoms. The Labute approximate surface area is 275 Å². The van der Waals surface area contributed by atoms with Crippen LogP contribution >= 0.6 is 0 Å². The van der Waals surface area contributed by atoms with Crippen LogP contribution in [-0.2, 0) is 27.9 Å².